The Bertz CT molecular complexity index is 402. The fraction of sp³-hybridized carbons (Fsp3) is 0.684. The maximum absolute atomic E-state index is 6.05. The zero-order chi connectivity index (χ0) is 15.8. The highest BCUT2D eigenvalue weighted by atomic mass is 16.5. The van der Waals surface area contributed by atoms with Crippen LogP contribution in [0.4, 0.5) is 0 Å². The molecule has 2 nitrogen and oxygen atoms in total. The fourth-order valence-corrected chi connectivity index (χ4v) is 3.06. The lowest BCUT2D eigenvalue weighted by Gasteiger charge is -2.39. The van der Waals surface area contributed by atoms with Crippen LogP contribution in [-0.2, 0) is 0 Å². The van der Waals surface area contributed by atoms with Crippen molar-refractivity contribution in [1.29, 1.82) is 0 Å². The predicted octanol–water partition coefficient (Wildman–Crippen LogP) is 5.44. The summed E-state index contributed by atoms with van der Waals surface area (Å²) in [4.78, 5) is 2.58. The number of likely N-dealkylation sites (tertiary alicyclic amines) is 1. The van der Waals surface area contributed by atoms with E-state index < -0.39 is 0 Å². The minimum Gasteiger partial charge on any atom is -0.488 e. The van der Waals surface area contributed by atoms with E-state index >= 15 is 0 Å². The monoisotopic (exact) mass is 291 g/mol. The van der Waals surface area contributed by atoms with Crippen LogP contribution in [-0.4, -0.2) is 23.6 Å². The van der Waals surface area contributed by atoms with Crippen molar-refractivity contribution in [3.8, 4) is 5.75 Å². The molecule has 2 atom stereocenters. The van der Waals surface area contributed by atoms with Gasteiger partial charge in [0.1, 0.15) is 11.9 Å². The molecule has 0 saturated carbocycles. The lowest BCUT2D eigenvalue weighted by Crippen LogP contribution is -2.44. The van der Waals surface area contributed by atoms with Gasteiger partial charge in [0, 0.05) is 11.6 Å². The number of hydrogen-bond acceptors (Lipinski definition) is 2. The molecule has 0 aliphatic carbocycles. The number of piperidine rings is 1. The second-order valence-corrected chi connectivity index (χ2v) is 5.82. The van der Waals surface area contributed by atoms with Crippen LogP contribution >= 0.6 is 0 Å². The van der Waals surface area contributed by atoms with Gasteiger partial charge in [-0.05, 0) is 39.3 Å². The molecule has 0 spiro atoms. The molecule has 2 aliphatic rings. The predicted molar refractivity (Wildman–Crippen MR) is 92.0 cm³/mol. The minimum absolute atomic E-state index is 0.383. The van der Waals surface area contributed by atoms with E-state index in [0.29, 0.717) is 18.2 Å². The molecular formula is C19H33NO. The summed E-state index contributed by atoms with van der Waals surface area (Å²) in [6.45, 7) is 14.0. The Morgan fingerprint density at radius 1 is 1.19 bits per heavy atom. The number of nitrogens with zero attached hydrogens (tertiary/aromatic N) is 1. The molecule has 1 aromatic rings. The van der Waals surface area contributed by atoms with Crippen LogP contribution in [0.15, 0.2) is 24.3 Å². The Morgan fingerprint density at radius 3 is 2.43 bits per heavy atom. The van der Waals surface area contributed by atoms with Crippen LogP contribution < -0.4 is 4.74 Å². The van der Waals surface area contributed by atoms with Crippen molar-refractivity contribution in [3.05, 3.63) is 29.8 Å². The highest BCUT2D eigenvalue weighted by molar-refractivity contribution is 5.41. The van der Waals surface area contributed by atoms with E-state index in [1.54, 1.807) is 0 Å². The van der Waals surface area contributed by atoms with Gasteiger partial charge in [-0.3, -0.25) is 4.90 Å². The van der Waals surface area contributed by atoms with E-state index in [4.69, 9.17) is 4.74 Å². The first-order valence-corrected chi connectivity index (χ1v) is 8.70. The molecule has 1 fully saturated rings. The summed E-state index contributed by atoms with van der Waals surface area (Å²) in [6.07, 6.45) is 4.09. The molecule has 1 aromatic carbocycles. The van der Waals surface area contributed by atoms with Crippen molar-refractivity contribution >= 4 is 0 Å². The average Bonchev–Trinajstić information content (AvgIpc) is 2.88. The lowest BCUT2D eigenvalue weighted by molar-refractivity contribution is 0.0328. The van der Waals surface area contributed by atoms with E-state index in [1.807, 2.05) is 13.8 Å². The van der Waals surface area contributed by atoms with E-state index in [2.05, 4.69) is 56.9 Å². The molecule has 0 bridgehead atoms. The summed E-state index contributed by atoms with van der Waals surface area (Å²) in [7, 11) is 0. The van der Waals surface area contributed by atoms with Crippen molar-refractivity contribution in [1.82, 2.24) is 4.90 Å². The maximum Gasteiger partial charge on any atom is 0.124 e. The molecule has 3 rings (SSSR count). The van der Waals surface area contributed by atoms with Crippen LogP contribution in [0, 0.1) is 0 Å². The summed E-state index contributed by atoms with van der Waals surface area (Å²) in [5.74, 6) is 1.10. The average molecular weight is 291 g/mol. The largest absolute Gasteiger partial charge is 0.488 e. The third kappa shape index (κ3) is 4.23. The van der Waals surface area contributed by atoms with Crippen molar-refractivity contribution < 1.29 is 4.74 Å². The van der Waals surface area contributed by atoms with Crippen molar-refractivity contribution in [2.75, 3.05) is 6.54 Å². The van der Waals surface area contributed by atoms with Crippen molar-refractivity contribution in [2.24, 2.45) is 0 Å². The summed E-state index contributed by atoms with van der Waals surface area (Å²) < 4.78 is 6.05. The molecule has 2 heteroatoms. The topological polar surface area (TPSA) is 12.5 Å². The van der Waals surface area contributed by atoms with Gasteiger partial charge in [-0.15, -0.1) is 0 Å². The van der Waals surface area contributed by atoms with Crippen LogP contribution in [0.3, 0.4) is 0 Å². The minimum atomic E-state index is 0.383. The van der Waals surface area contributed by atoms with Gasteiger partial charge < -0.3 is 4.74 Å². The van der Waals surface area contributed by atoms with Gasteiger partial charge in [-0.2, -0.15) is 0 Å². The van der Waals surface area contributed by atoms with Crippen LogP contribution in [0.2, 0.25) is 0 Å². The van der Waals surface area contributed by atoms with E-state index in [0.717, 1.165) is 5.75 Å². The SMILES string of the molecule is CC.CC(C)N1CCC[C@@H]2Oc3ccccc3[C@@H]21.CCC. The van der Waals surface area contributed by atoms with Gasteiger partial charge in [-0.25, -0.2) is 0 Å². The first-order valence-electron chi connectivity index (χ1n) is 8.70. The van der Waals surface area contributed by atoms with Crippen molar-refractivity contribution in [3.63, 3.8) is 0 Å². The molecule has 0 unspecified atom stereocenters. The zero-order valence-corrected chi connectivity index (χ0v) is 14.7. The molecule has 21 heavy (non-hydrogen) atoms. The third-order valence-electron chi connectivity index (χ3n) is 3.79. The van der Waals surface area contributed by atoms with E-state index in [1.165, 1.54) is 31.4 Å². The van der Waals surface area contributed by atoms with Crippen LogP contribution in [0.5, 0.6) is 5.75 Å². The Balaban J connectivity index is 0.000000395. The summed E-state index contributed by atoms with van der Waals surface area (Å²) in [5, 5.41) is 0. The molecular weight excluding hydrogens is 258 g/mol. The zero-order valence-electron chi connectivity index (χ0n) is 14.7. The highest BCUT2D eigenvalue weighted by Gasteiger charge is 2.41. The van der Waals surface area contributed by atoms with E-state index in [-0.39, 0.29) is 0 Å². The number of ether oxygens (including phenoxy) is 1. The van der Waals surface area contributed by atoms with Gasteiger partial charge in [0.25, 0.3) is 0 Å². The first kappa shape index (κ1) is 18.0. The van der Waals surface area contributed by atoms with E-state index in [9.17, 15) is 0 Å². The lowest BCUT2D eigenvalue weighted by atomic mass is 9.93. The Morgan fingerprint density at radius 2 is 1.81 bits per heavy atom. The third-order valence-corrected chi connectivity index (χ3v) is 3.79. The fourth-order valence-electron chi connectivity index (χ4n) is 3.06. The molecule has 120 valence electrons. The Hall–Kier alpha value is -1.02. The summed E-state index contributed by atoms with van der Waals surface area (Å²) in [6, 6.07) is 9.60. The molecule has 1 saturated heterocycles. The second kappa shape index (κ2) is 9.09. The number of para-hydroxylation sites is 1. The summed E-state index contributed by atoms with van der Waals surface area (Å²) in [5.41, 5.74) is 1.39. The van der Waals surface area contributed by atoms with Crippen molar-refractivity contribution in [2.45, 2.75) is 79.0 Å². The number of fused-ring (bicyclic) bond motifs is 3. The summed E-state index contributed by atoms with van der Waals surface area (Å²) >= 11 is 0. The Labute approximate surface area is 131 Å². The highest BCUT2D eigenvalue weighted by Crippen LogP contribution is 2.44. The van der Waals surface area contributed by atoms with Gasteiger partial charge in [0.05, 0.1) is 6.04 Å². The number of hydrogen-bond donors (Lipinski definition) is 0. The van der Waals surface area contributed by atoms with Crippen LogP contribution in [0.1, 0.15) is 72.4 Å². The van der Waals surface area contributed by atoms with Gasteiger partial charge >= 0.3 is 0 Å². The normalized spacial score (nSPS) is 23.0. The quantitative estimate of drug-likeness (QED) is 0.683. The Kier molecular flexibility index (Phi) is 7.81. The maximum atomic E-state index is 6.05. The van der Waals surface area contributed by atoms with Gasteiger partial charge in [0.2, 0.25) is 0 Å². The molecule has 0 radical (unpaired) electrons. The first-order chi connectivity index (χ1) is 10.2. The standard InChI is InChI=1S/C14H19NO.C3H8.C2H6/c1-10(2)15-9-5-8-13-14(15)11-6-3-4-7-12(11)16-13;1-3-2;1-2/h3-4,6-7,10,13-14H,5,8-9H2,1-2H3;3H2,1-2H3;1-2H3/t13-,14-;;/m0../s1. The smallest absolute Gasteiger partial charge is 0.124 e. The van der Waals surface area contributed by atoms with Gasteiger partial charge in [0.15, 0.2) is 0 Å². The second-order valence-electron chi connectivity index (χ2n) is 5.82. The van der Waals surface area contributed by atoms with Crippen LogP contribution in [0.25, 0.3) is 0 Å². The molecule has 0 N–H and O–H groups in total. The molecule has 2 heterocycles. The number of rotatable bonds is 1. The molecule has 2 aliphatic heterocycles. The van der Waals surface area contributed by atoms with Gasteiger partial charge in [-0.1, -0.05) is 52.3 Å². The molecule has 0 amide bonds. The molecule has 0 aromatic heterocycles. The number of benzene rings is 1.